The van der Waals surface area contributed by atoms with E-state index in [0.29, 0.717) is 5.41 Å². The molecule has 0 radical (unpaired) electrons. The lowest BCUT2D eigenvalue weighted by molar-refractivity contribution is -0.130. The third kappa shape index (κ3) is 3.89. The van der Waals surface area contributed by atoms with Crippen molar-refractivity contribution >= 4 is 11.9 Å². The number of carbonyl (C=O) groups excluding carboxylic acids is 2. The highest BCUT2D eigenvalue weighted by molar-refractivity contribution is 5.86. The van der Waals surface area contributed by atoms with E-state index >= 15 is 0 Å². The number of likely N-dealkylation sites (N-methyl/N-ethyl adjacent to an activating group) is 1. The predicted octanol–water partition coefficient (Wildman–Crippen LogP) is 2.22. The molecule has 1 saturated carbocycles. The summed E-state index contributed by atoms with van der Waals surface area (Å²) in [7, 11) is 3.42. The summed E-state index contributed by atoms with van der Waals surface area (Å²) in [6.45, 7) is 3.43. The van der Waals surface area contributed by atoms with Gasteiger partial charge < -0.3 is 15.1 Å². The van der Waals surface area contributed by atoms with Gasteiger partial charge in [-0.1, -0.05) is 19.3 Å². The van der Waals surface area contributed by atoms with Gasteiger partial charge in [-0.25, -0.2) is 4.79 Å². The van der Waals surface area contributed by atoms with Crippen molar-refractivity contribution in [3.63, 3.8) is 0 Å². The van der Waals surface area contributed by atoms with E-state index in [4.69, 9.17) is 0 Å². The minimum absolute atomic E-state index is 0.0623. The maximum absolute atomic E-state index is 12.4. The number of amides is 3. The summed E-state index contributed by atoms with van der Waals surface area (Å²) >= 11 is 0. The van der Waals surface area contributed by atoms with Gasteiger partial charge in [0.15, 0.2) is 0 Å². The Hall–Kier alpha value is -1.26. The number of rotatable bonds is 2. The molecule has 3 amide bonds. The van der Waals surface area contributed by atoms with Crippen molar-refractivity contribution in [1.29, 1.82) is 0 Å². The van der Waals surface area contributed by atoms with Gasteiger partial charge in [0, 0.05) is 27.2 Å². The Kier molecular flexibility index (Phi) is 5.12. The van der Waals surface area contributed by atoms with Crippen LogP contribution in [0.4, 0.5) is 4.79 Å². The van der Waals surface area contributed by atoms with Crippen LogP contribution < -0.4 is 5.32 Å². The minimum atomic E-state index is -0.461. The van der Waals surface area contributed by atoms with Gasteiger partial charge >= 0.3 is 6.03 Å². The normalized spacial score (nSPS) is 22.7. The molecule has 5 nitrogen and oxygen atoms in total. The number of carbonyl (C=O) groups is 2. The molecule has 0 aromatic carbocycles. The summed E-state index contributed by atoms with van der Waals surface area (Å²) in [5.74, 6) is -0.0623. The van der Waals surface area contributed by atoms with Crippen molar-refractivity contribution in [2.24, 2.45) is 5.41 Å². The van der Waals surface area contributed by atoms with Crippen LogP contribution >= 0.6 is 0 Å². The predicted molar refractivity (Wildman–Crippen MR) is 83.0 cm³/mol. The molecule has 1 saturated heterocycles. The molecule has 1 atom stereocenters. The minimum Gasteiger partial charge on any atom is -0.347 e. The van der Waals surface area contributed by atoms with Gasteiger partial charge in [0.2, 0.25) is 5.91 Å². The van der Waals surface area contributed by atoms with Gasteiger partial charge in [0.1, 0.15) is 6.04 Å². The Balaban J connectivity index is 1.91. The van der Waals surface area contributed by atoms with Gasteiger partial charge in [-0.05, 0) is 38.0 Å². The van der Waals surface area contributed by atoms with Gasteiger partial charge in [-0.15, -0.1) is 0 Å². The molecule has 2 fully saturated rings. The van der Waals surface area contributed by atoms with E-state index in [-0.39, 0.29) is 11.9 Å². The van der Waals surface area contributed by atoms with Crippen LogP contribution in [0.3, 0.4) is 0 Å². The molecule has 0 aromatic rings. The lowest BCUT2D eigenvalue weighted by atomic mass is 9.69. The largest absolute Gasteiger partial charge is 0.347 e. The standard InChI is InChI=1S/C16H29N3O2/c1-13(14(20)18(2)3)17-15(21)19-11-7-10-16(12-19)8-5-4-6-9-16/h13H,4-12H2,1-3H3,(H,17,21)/t13-/m1/s1. The second-order valence-corrected chi connectivity index (χ2v) is 6.99. The van der Waals surface area contributed by atoms with Crippen LogP contribution in [0.2, 0.25) is 0 Å². The van der Waals surface area contributed by atoms with Crippen molar-refractivity contribution in [2.75, 3.05) is 27.2 Å². The fourth-order valence-electron chi connectivity index (χ4n) is 3.82. The number of nitrogens with one attached hydrogen (secondary N) is 1. The molecule has 0 aromatic heterocycles. The van der Waals surface area contributed by atoms with Crippen molar-refractivity contribution < 1.29 is 9.59 Å². The van der Waals surface area contributed by atoms with Crippen LogP contribution in [-0.4, -0.2) is 55.0 Å². The summed E-state index contributed by atoms with van der Waals surface area (Å²) in [5, 5.41) is 2.85. The van der Waals surface area contributed by atoms with Crippen LogP contribution in [0.25, 0.3) is 0 Å². The van der Waals surface area contributed by atoms with Gasteiger partial charge in [0.05, 0.1) is 0 Å². The second kappa shape index (κ2) is 6.67. The third-order valence-electron chi connectivity index (χ3n) is 5.01. The quantitative estimate of drug-likeness (QED) is 0.849. The monoisotopic (exact) mass is 295 g/mol. The van der Waals surface area contributed by atoms with E-state index < -0.39 is 6.04 Å². The molecule has 0 unspecified atom stereocenters. The second-order valence-electron chi connectivity index (χ2n) is 6.99. The lowest BCUT2D eigenvalue weighted by Crippen LogP contribution is -2.54. The fraction of sp³-hybridized carbons (Fsp3) is 0.875. The Morgan fingerprint density at radius 2 is 1.71 bits per heavy atom. The molecule has 120 valence electrons. The molecule has 1 aliphatic carbocycles. The zero-order valence-electron chi connectivity index (χ0n) is 13.7. The molecule has 1 heterocycles. The van der Waals surface area contributed by atoms with Crippen molar-refractivity contribution in [1.82, 2.24) is 15.1 Å². The molecule has 2 rings (SSSR count). The van der Waals surface area contributed by atoms with E-state index in [1.807, 2.05) is 4.90 Å². The number of hydrogen-bond acceptors (Lipinski definition) is 2. The average molecular weight is 295 g/mol. The zero-order valence-corrected chi connectivity index (χ0v) is 13.7. The highest BCUT2D eigenvalue weighted by Crippen LogP contribution is 2.43. The SMILES string of the molecule is C[C@@H](NC(=O)N1CCCC2(CCCCC2)C1)C(=O)N(C)C. The Bertz CT molecular complexity index is 383. The first-order valence-electron chi connectivity index (χ1n) is 8.20. The summed E-state index contributed by atoms with van der Waals surface area (Å²) in [4.78, 5) is 27.7. The fourth-order valence-corrected chi connectivity index (χ4v) is 3.82. The topological polar surface area (TPSA) is 52.7 Å². The first-order chi connectivity index (χ1) is 9.93. The van der Waals surface area contributed by atoms with Crippen LogP contribution in [0.1, 0.15) is 51.9 Å². The van der Waals surface area contributed by atoms with E-state index in [1.54, 1.807) is 21.0 Å². The number of urea groups is 1. The number of hydrogen-bond donors (Lipinski definition) is 1. The zero-order chi connectivity index (χ0) is 15.5. The molecular weight excluding hydrogens is 266 g/mol. The molecule has 0 bridgehead atoms. The molecule has 1 spiro atoms. The van der Waals surface area contributed by atoms with Crippen molar-refractivity contribution in [2.45, 2.75) is 57.9 Å². The van der Waals surface area contributed by atoms with Crippen LogP contribution in [0, 0.1) is 5.41 Å². The Labute approximate surface area is 128 Å². The molecule has 5 heteroatoms. The third-order valence-corrected chi connectivity index (χ3v) is 5.01. The van der Waals surface area contributed by atoms with Gasteiger partial charge in [-0.3, -0.25) is 4.79 Å². The number of piperidine rings is 1. The summed E-state index contributed by atoms with van der Waals surface area (Å²) in [5.41, 5.74) is 0.350. The smallest absolute Gasteiger partial charge is 0.318 e. The van der Waals surface area contributed by atoms with E-state index in [9.17, 15) is 9.59 Å². The molecule has 1 N–H and O–H groups in total. The Morgan fingerprint density at radius 1 is 1.10 bits per heavy atom. The Morgan fingerprint density at radius 3 is 2.33 bits per heavy atom. The number of nitrogens with zero attached hydrogens (tertiary/aromatic N) is 2. The first-order valence-corrected chi connectivity index (χ1v) is 8.20. The average Bonchev–Trinajstić information content (AvgIpc) is 2.47. The molecule has 1 aliphatic heterocycles. The summed E-state index contributed by atoms with van der Waals surface area (Å²) in [6.07, 6.45) is 8.77. The molecular formula is C16H29N3O2. The van der Waals surface area contributed by atoms with E-state index in [2.05, 4.69) is 5.32 Å². The van der Waals surface area contributed by atoms with Crippen molar-refractivity contribution in [3.8, 4) is 0 Å². The number of likely N-dealkylation sites (tertiary alicyclic amines) is 1. The lowest BCUT2D eigenvalue weighted by Gasteiger charge is -2.45. The summed E-state index contributed by atoms with van der Waals surface area (Å²) in [6, 6.07) is -0.543. The molecule has 2 aliphatic rings. The van der Waals surface area contributed by atoms with E-state index in [1.165, 1.54) is 43.4 Å². The maximum atomic E-state index is 12.4. The van der Waals surface area contributed by atoms with Crippen LogP contribution in [0.5, 0.6) is 0 Å². The van der Waals surface area contributed by atoms with E-state index in [0.717, 1.165) is 19.5 Å². The highest BCUT2D eigenvalue weighted by Gasteiger charge is 2.38. The van der Waals surface area contributed by atoms with Gasteiger partial charge in [0.25, 0.3) is 0 Å². The molecule has 21 heavy (non-hydrogen) atoms. The maximum Gasteiger partial charge on any atom is 0.318 e. The van der Waals surface area contributed by atoms with Crippen molar-refractivity contribution in [3.05, 3.63) is 0 Å². The first kappa shape index (κ1) is 16.1. The summed E-state index contributed by atoms with van der Waals surface area (Å²) < 4.78 is 0. The van der Waals surface area contributed by atoms with Gasteiger partial charge in [-0.2, -0.15) is 0 Å². The van der Waals surface area contributed by atoms with Crippen LogP contribution in [0.15, 0.2) is 0 Å². The highest BCUT2D eigenvalue weighted by atomic mass is 16.2. The van der Waals surface area contributed by atoms with Crippen LogP contribution in [-0.2, 0) is 4.79 Å².